The van der Waals surface area contributed by atoms with Gasteiger partial charge < -0.3 is 15.5 Å². The third kappa shape index (κ3) is 4.01. The molecule has 0 bridgehead atoms. The van der Waals surface area contributed by atoms with Gasteiger partial charge in [0.1, 0.15) is 11.2 Å². The van der Waals surface area contributed by atoms with Crippen LogP contribution in [0.1, 0.15) is 71.6 Å². The molecule has 0 saturated heterocycles. The summed E-state index contributed by atoms with van der Waals surface area (Å²) in [6.45, 7) is 6.62. The Labute approximate surface area is 188 Å². The normalized spacial score (nSPS) is 20.8. The molecule has 1 aromatic heterocycles. The summed E-state index contributed by atoms with van der Waals surface area (Å²) in [6.07, 6.45) is 4.17. The Morgan fingerprint density at radius 3 is 2.62 bits per heavy atom. The Bertz CT molecular complexity index is 1040. The SMILES string of the molecule is CCN1C(=O)c2cc(C(=O)NCc3ccccc3C)nn2CC1(C)C(=O)NC1CCCC1. The predicted octanol–water partition coefficient (Wildman–Crippen LogP) is 2.41. The molecule has 2 heterocycles. The summed E-state index contributed by atoms with van der Waals surface area (Å²) in [5, 5.41) is 10.4. The molecule has 8 nitrogen and oxygen atoms in total. The van der Waals surface area contributed by atoms with Gasteiger partial charge in [-0.3, -0.25) is 19.1 Å². The van der Waals surface area contributed by atoms with Crippen LogP contribution in [0.25, 0.3) is 0 Å². The van der Waals surface area contributed by atoms with Gasteiger partial charge in [0.2, 0.25) is 5.91 Å². The maximum Gasteiger partial charge on any atom is 0.273 e. The Morgan fingerprint density at radius 1 is 1.22 bits per heavy atom. The maximum atomic E-state index is 13.2. The van der Waals surface area contributed by atoms with Gasteiger partial charge in [-0.15, -0.1) is 0 Å². The molecule has 0 radical (unpaired) electrons. The minimum atomic E-state index is -1.05. The number of aryl methyl sites for hydroxylation is 1. The monoisotopic (exact) mass is 437 g/mol. The van der Waals surface area contributed by atoms with Gasteiger partial charge in [-0.2, -0.15) is 5.10 Å². The molecule has 2 N–H and O–H groups in total. The van der Waals surface area contributed by atoms with Gasteiger partial charge in [-0.25, -0.2) is 0 Å². The number of amides is 3. The van der Waals surface area contributed by atoms with Crippen molar-refractivity contribution < 1.29 is 14.4 Å². The van der Waals surface area contributed by atoms with E-state index in [1.807, 2.05) is 38.1 Å². The van der Waals surface area contributed by atoms with Gasteiger partial charge in [-0.1, -0.05) is 37.1 Å². The third-order valence-electron chi connectivity index (χ3n) is 6.73. The number of aromatic nitrogens is 2. The molecule has 1 saturated carbocycles. The Morgan fingerprint density at radius 2 is 1.94 bits per heavy atom. The van der Waals surface area contributed by atoms with E-state index in [4.69, 9.17) is 0 Å². The molecular formula is C24H31N5O3. The molecule has 0 spiro atoms. The highest BCUT2D eigenvalue weighted by molar-refractivity contribution is 6.01. The number of carbonyl (C=O) groups excluding carboxylic acids is 3. The Kier molecular flexibility index (Phi) is 6.04. The minimum Gasteiger partial charge on any atom is -0.351 e. The van der Waals surface area contributed by atoms with Crippen molar-refractivity contribution in [3.63, 3.8) is 0 Å². The molecule has 1 fully saturated rings. The minimum absolute atomic E-state index is 0.161. The van der Waals surface area contributed by atoms with Crippen LogP contribution in [0.4, 0.5) is 0 Å². The van der Waals surface area contributed by atoms with Crippen molar-refractivity contribution in [1.29, 1.82) is 0 Å². The van der Waals surface area contributed by atoms with Crippen LogP contribution in [0.2, 0.25) is 0 Å². The van der Waals surface area contributed by atoms with E-state index in [9.17, 15) is 14.4 Å². The van der Waals surface area contributed by atoms with Crippen LogP contribution >= 0.6 is 0 Å². The lowest BCUT2D eigenvalue weighted by Gasteiger charge is -2.43. The quantitative estimate of drug-likeness (QED) is 0.725. The Balaban J connectivity index is 1.53. The zero-order valence-corrected chi connectivity index (χ0v) is 19.0. The molecule has 32 heavy (non-hydrogen) atoms. The number of nitrogens with one attached hydrogen (secondary N) is 2. The van der Waals surface area contributed by atoms with E-state index < -0.39 is 5.54 Å². The molecular weight excluding hydrogens is 406 g/mol. The summed E-state index contributed by atoms with van der Waals surface area (Å²) in [5.41, 5.74) is 1.57. The van der Waals surface area contributed by atoms with Crippen molar-refractivity contribution in [2.45, 2.75) is 71.1 Å². The second-order valence-electron chi connectivity index (χ2n) is 8.96. The number of likely N-dealkylation sites (N-methyl/N-ethyl adjacent to an activating group) is 1. The van der Waals surface area contributed by atoms with Crippen LogP contribution in [-0.4, -0.2) is 50.5 Å². The number of hydrogen-bond acceptors (Lipinski definition) is 4. The van der Waals surface area contributed by atoms with E-state index in [0.717, 1.165) is 36.8 Å². The highest BCUT2D eigenvalue weighted by Gasteiger charge is 2.48. The summed E-state index contributed by atoms with van der Waals surface area (Å²) < 4.78 is 1.51. The highest BCUT2D eigenvalue weighted by atomic mass is 16.2. The second-order valence-corrected chi connectivity index (χ2v) is 8.96. The van der Waals surface area contributed by atoms with Crippen LogP contribution < -0.4 is 10.6 Å². The summed E-state index contributed by atoms with van der Waals surface area (Å²) in [7, 11) is 0. The molecule has 8 heteroatoms. The summed E-state index contributed by atoms with van der Waals surface area (Å²) in [6, 6.07) is 9.52. The van der Waals surface area contributed by atoms with E-state index in [1.54, 1.807) is 11.8 Å². The number of hydrogen-bond donors (Lipinski definition) is 2. The van der Waals surface area contributed by atoms with Crippen LogP contribution in [-0.2, 0) is 17.9 Å². The molecule has 4 rings (SSSR count). The van der Waals surface area contributed by atoms with Crippen molar-refractivity contribution in [2.24, 2.45) is 0 Å². The van der Waals surface area contributed by atoms with E-state index in [1.165, 1.54) is 10.7 Å². The Hall–Kier alpha value is -3.16. The number of benzene rings is 1. The van der Waals surface area contributed by atoms with Gasteiger partial charge in [0, 0.05) is 25.2 Å². The summed E-state index contributed by atoms with van der Waals surface area (Å²) in [4.78, 5) is 40.8. The number of nitrogens with zero attached hydrogens (tertiary/aromatic N) is 3. The first kappa shape index (κ1) is 22.0. The second kappa shape index (κ2) is 8.76. The smallest absolute Gasteiger partial charge is 0.273 e. The lowest BCUT2D eigenvalue weighted by atomic mass is 9.94. The standard InChI is InChI=1S/C24H31N5O3/c1-4-28-22(31)20-13-19(21(30)25-14-17-10-6-5-9-16(17)2)27-29(20)15-24(28,3)23(32)26-18-11-7-8-12-18/h5-6,9-10,13,18H,4,7-8,11-12,14-15H2,1-3H3,(H,25,30)(H,26,32). The number of rotatable bonds is 6. The van der Waals surface area contributed by atoms with E-state index in [2.05, 4.69) is 15.7 Å². The number of fused-ring (bicyclic) bond motifs is 1. The average molecular weight is 438 g/mol. The molecule has 2 aromatic rings. The number of carbonyl (C=O) groups is 3. The molecule has 1 aliphatic carbocycles. The topological polar surface area (TPSA) is 96.3 Å². The van der Waals surface area contributed by atoms with E-state index in [-0.39, 0.29) is 36.0 Å². The molecule has 1 atom stereocenters. The largest absolute Gasteiger partial charge is 0.351 e. The molecule has 170 valence electrons. The summed E-state index contributed by atoms with van der Waals surface area (Å²) in [5.74, 6) is -0.789. The van der Waals surface area contributed by atoms with Gasteiger partial charge in [0.15, 0.2) is 5.69 Å². The predicted molar refractivity (Wildman–Crippen MR) is 120 cm³/mol. The van der Waals surface area contributed by atoms with Gasteiger partial charge in [0.05, 0.1) is 6.54 Å². The molecule has 1 unspecified atom stereocenters. The van der Waals surface area contributed by atoms with E-state index in [0.29, 0.717) is 18.8 Å². The van der Waals surface area contributed by atoms with Crippen molar-refractivity contribution >= 4 is 17.7 Å². The zero-order chi connectivity index (χ0) is 22.9. The maximum absolute atomic E-state index is 13.2. The highest BCUT2D eigenvalue weighted by Crippen LogP contribution is 2.28. The van der Waals surface area contributed by atoms with Crippen molar-refractivity contribution in [2.75, 3.05) is 6.54 Å². The first-order valence-corrected chi connectivity index (χ1v) is 11.4. The summed E-state index contributed by atoms with van der Waals surface area (Å²) >= 11 is 0. The lowest BCUT2D eigenvalue weighted by molar-refractivity contribution is -0.133. The van der Waals surface area contributed by atoms with Crippen molar-refractivity contribution in [3.8, 4) is 0 Å². The van der Waals surface area contributed by atoms with E-state index >= 15 is 0 Å². The molecule has 3 amide bonds. The van der Waals surface area contributed by atoms with Crippen molar-refractivity contribution in [1.82, 2.24) is 25.3 Å². The fourth-order valence-corrected chi connectivity index (χ4v) is 4.73. The van der Waals surface area contributed by atoms with Crippen LogP contribution in [0, 0.1) is 6.92 Å². The van der Waals surface area contributed by atoms with Crippen LogP contribution in [0.15, 0.2) is 30.3 Å². The van der Waals surface area contributed by atoms with Crippen LogP contribution in [0.3, 0.4) is 0 Å². The zero-order valence-electron chi connectivity index (χ0n) is 19.0. The molecule has 1 aromatic carbocycles. The van der Waals surface area contributed by atoms with Crippen molar-refractivity contribution in [3.05, 3.63) is 52.8 Å². The fraction of sp³-hybridized carbons (Fsp3) is 0.500. The first-order chi connectivity index (χ1) is 15.3. The molecule has 1 aliphatic heterocycles. The van der Waals surface area contributed by atoms with Gasteiger partial charge >= 0.3 is 0 Å². The van der Waals surface area contributed by atoms with Crippen LogP contribution in [0.5, 0.6) is 0 Å². The third-order valence-corrected chi connectivity index (χ3v) is 6.73. The van der Waals surface area contributed by atoms with Gasteiger partial charge in [0.25, 0.3) is 11.8 Å². The fourth-order valence-electron chi connectivity index (χ4n) is 4.73. The van der Waals surface area contributed by atoms with Gasteiger partial charge in [-0.05, 0) is 44.7 Å². The first-order valence-electron chi connectivity index (χ1n) is 11.4. The average Bonchev–Trinajstić information content (AvgIpc) is 3.43. The lowest BCUT2D eigenvalue weighted by Crippen LogP contribution is -2.64. The molecule has 2 aliphatic rings.